The number of fused-ring (bicyclic) bond motifs is 1. The van der Waals surface area contributed by atoms with Crippen molar-refractivity contribution >= 4 is 23.1 Å². The Morgan fingerprint density at radius 3 is 2.71 bits per heavy atom. The number of aryl methyl sites for hydroxylation is 2. The Balaban J connectivity index is 1.59. The standard InChI is InChI=1S/C23H24N4O/c1-3-26(19-11-6-8-17(2)14-19)22-16-24-20(15-25-22)23(28)27-13-7-10-18-9-4-5-12-21(18)27/h4-6,8-9,11-12,14-16H,3,7,10,13H2,1-2H3. The Labute approximate surface area is 165 Å². The van der Waals surface area contributed by atoms with E-state index in [0.29, 0.717) is 12.2 Å². The van der Waals surface area contributed by atoms with Gasteiger partial charge in [0, 0.05) is 24.5 Å². The number of anilines is 3. The zero-order chi connectivity index (χ0) is 19.5. The molecule has 3 aromatic rings. The minimum atomic E-state index is -0.0928. The quantitative estimate of drug-likeness (QED) is 0.675. The molecule has 0 atom stereocenters. The number of nitrogens with zero attached hydrogens (tertiary/aromatic N) is 4. The SMILES string of the molecule is CCN(c1cccc(C)c1)c1cnc(C(=O)N2CCCc3ccccc32)cn1. The second-order valence-corrected chi connectivity index (χ2v) is 7.03. The first-order chi connectivity index (χ1) is 13.7. The third kappa shape index (κ3) is 3.48. The number of benzene rings is 2. The van der Waals surface area contributed by atoms with E-state index in [4.69, 9.17) is 0 Å². The van der Waals surface area contributed by atoms with Crippen LogP contribution < -0.4 is 9.80 Å². The molecule has 5 nitrogen and oxygen atoms in total. The normalized spacial score (nSPS) is 13.1. The monoisotopic (exact) mass is 372 g/mol. The van der Waals surface area contributed by atoms with Crippen LogP contribution in [-0.2, 0) is 6.42 Å². The van der Waals surface area contributed by atoms with Gasteiger partial charge in [-0.05, 0) is 56.0 Å². The number of hydrogen-bond donors (Lipinski definition) is 0. The van der Waals surface area contributed by atoms with Crippen molar-refractivity contribution in [3.8, 4) is 0 Å². The van der Waals surface area contributed by atoms with E-state index in [1.165, 1.54) is 11.1 Å². The average molecular weight is 372 g/mol. The van der Waals surface area contributed by atoms with Crippen molar-refractivity contribution in [2.45, 2.75) is 26.7 Å². The Hall–Kier alpha value is -3.21. The molecule has 2 heterocycles. The smallest absolute Gasteiger partial charge is 0.278 e. The van der Waals surface area contributed by atoms with Gasteiger partial charge >= 0.3 is 0 Å². The van der Waals surface area contributed by atoms with E-state index in [-0.39, 0.29) is 5.91 Å². The summed E-state index contributed by atoms with van der Waals surface area (Å²) in [5.41, 5.74) is 4.84. The third-order valence-electron chi connectivity index (χ3n) is 5.12. The van der Waals surface area contributed by atoms with E-state index in [1.54, 1.807) is 12.4 Å². The van der Waals surface area contributed by atoms with Gasteiger partial charge in [0.25, 0.3) is 5.91 Å². The van der Waals surface area contributed by atoms with Gasteiger partial charge in [-0.25, -0.2) is 9.97 Å². The lowest BCUT2D eigenvalue weighted by Crippen LogP contribution is -2.36. The maximum Gasteiger partial charge on any atom is 0.278 e. The zero-order valence-electron chi connectivity index (χ0n) is 16.3. The molecule has 0 fully saturated rings. The molecule has 0 radical (unpaired) electrons. The maximum atomic E-state index is 13.0. The van der Waals surface area contributed by atoms with E-state index in [0.717, 1.165) is 36.6 Å². The number of aromatic nitrogens is 2. The van der Waals surface area contributed by atoms with E-state index < -0.39 is 0 Å². The Kier molecular flexibility index (Phi) is 5.06. The predicted octanol–water partition coefficient (Wildman–Crippen LogP) is 4.54. The molecule has 1 aliphatic rings. The van der Waals surface area contributed by atoms with Crippen molar-refractivity contribution in [2.75, 3.05) is 22.9 Å². The minimum Gasteiger partial charge on any atom is -0.325 e. The molecular formula is C23H24N4O. The van der Waals surface area contributed by atoms with Gasteiger partial charge in [0.05, 0.1) is 12.4 Å². The molecule has 1 aliphatic heterocycles. The summed E-state index contributed by atoms with van der Waals surface area (Å²) >= 11 is 0. The first-order valence-corrected chi connectivity index (χ1v) is 9.73. The van der Waals surface area contributed by atoms with Gasteiger partial charge in [-0.3, -0.25) is 4.79 Å². The molecule has 0 unspecified atom stereocenters. The third-order valence-corrected chi connectivity index (χ3v) is 5.12. The molecule has 1 amide bonds. The molecule has 2 aromatic carbocycles. The molecule has 0 N–H and O–H groups in total. The predicted molar refractivity (Wildman–Crippen MR) is 112 cm³/mol. The molecule has 28 heavy (non-hydrogen) atoms. The number of carbonyl (C=O) groups is 1. The van der Waals surface area contributed by atoms with Crippen LogP contribution in [0, 0.1) is 6.92 Å². The highest BCUT2D eigenvalue weighted by Crippen LogP contribution is 2.28. The van der Waals surface area contributed by atoms with Crippen LogP contribution in [0.15, 0.2) is 60.9 Å². The van der Waals surface area contributed by atoms with Crippen LogP contribution in [0.5, 0.6) is 0 Å². The van der Waals surface area contributed by atoms with E-state index in [9.17, 15) is 4.79 Å². The topological polar surface area (TPSA) is 49.3 Å². The molecular weight excluding hydrogens is 348 g/mol. The van der Waals surface area contributed by atoms with E-state index in [1.807, 2.05) is 29.2 Å². The molecule has 0 aliphatic carbocycles. The van der Waals surface area contributed by atoms with Gasteiger partial charge < -0.3 is 9.80 Å². The second kappa shape index (κ2) is 7.80. The molecule has 142 valence electrons. The van der Waals surface area contributed by atoms with Gasteiger partial charge in [0.15, 0.2) is 5.82 Å². The van der Waals surface area contributed by atoms with Crippen LogP contribution in [0.25, 0.3) is 0 Å². The average Bonchev–Trinajstić information content (AvgIpc) is 2.74. The summed E-state index contributed by atoms with van der Waals surface area (Å²) in [4.78, 5) is 25.9. The highest BCUT2D eigenvalue weighted by atomic mass is 16.2. The second-order valence-electron chi connectivity index (χ2n) is 7.03. The van der Waals surface area contributed by atoms with Crippen molar-refractivity contribution in [2.24, 2.45) is 0 Å². The summed E-state index contributed by atoms with van der Waals surface area (Å²) in [6.07, 6.45) is 5.25. The van der Waals surface area contributed by atoms with Crippen LogP contribution in [-0.4, -0.2) is 29.0 Å². The van der Waals surface area contributed by atoms with Gasteiger partial charge in [-0.15, -0.1) is 0 Å². The van der Waals surface area contributed by atoms with Crippen molar-refractivity contribution < 1.29 is 4.79 Å². The van der Waals surface area contributed by atoms with Gasteiger partial charge in [-0.1, -0.05) is 30.3 Å². The summed E-state index contributed by atoms with van der Waals surface area (Å²) < 4.78 is 0. The minimum absolute atomic E-state index is 0.0928. The largest absolute Gasteiger partial charge is 0.325 e. The van der Waals surface area contributed by atoms with Crippen LogP contribution in [0.2, 0.25) is 0 Å². The van der Waals surface area contributed by atoms with E-state index in [2.05, 4.69) is 53.0 Å². The molecule has 1 aromatic heterocycles. The molecule has 0 saturated heterocycles. The van der Waals surface area contributed by atoms with Gasteiger partial charge in [0.1, 0.15) is 5.69 Å². The maximum absolute atomic E-state index is 13.0. The number of rotatable bonds is 4. The van der Waals surface area contributed by atoms with Gasteiger partial charge in [0.2, 0.25) is 0 Å². The van der Waals surface area contributed by atoms with Crippen molar-refractivity contribution in [1.29, 1.82) is 0 Å². The van der Waals surface area contributed by atoms with E-state index >= 15 is 0 Å². The lowest BCUT2D eigenvalue weighted by Gasteiger charge is -2.29. The molecule has 4 rings (SSSR count). The van der Waals surface area contributed by atoms with Crippen LogP contribution in [0.4, 0.5) is 17.2 Å². The van der Waals surface area contributed by atoms with Crippen LogP contribution in [0.3, 0.4) is 0 Å². The fourth-order valence-corrected chi connectivity index (χ4v) is 3.73. The lowest BCUT2D eigenvalue weighted by molar-refractivity contribution is 0.0980. The Morgan fingerprint density at radius 1 is 1.11 bits per heavy atom. The van der Waals surface area contributed by atoms with Crippen LogP contribution >= 0.6 is 0 Å². The highest BCUT2D eigenvalue weighted by molar-refractivity contribution is 6.05. The summed E-state index contributed by atoms with van der Waals surface area (Å²) in [5, 5.41) is 0. The van der Waals surface area contributed by atoms with Crippen LogP contribution in [0.1, 0.15) is 35.0 Å². The van der Waals surface area contributed by atoms with Crippen molar-refractivity contribution in [3.05, 3.63) is 77.7 Å². The van der Waals surface area contributed by atoms with Crippen molar-refractivity contribution in [3.63, 3.8) is 0 Å². The number of carbonyl (C=O) groups excluding carboxylic acids is 1. The summed E-state index contributed by atoms with van der Waals surface area (Å²) in [6.45, 7) is 5.63. The summed E-state index contributed by atoms with van der Waals surface area (Å²) in [6, 6.07) is 16.4. The Bertz CT molecular complexity index is 984. The molecule has 0 saturated carbocycles. The first-order valence-electron chi connectivity index (χ1n) is 9.73. The lowest BCUT2D eigenvalue weighted by atomic mass is 10.0. The molecule has 0 spiro atoms. The summed E-state index contributed by atoms with van der Waals surface area (Å²) in [5.74, 6) is 0.647. The van der Waals surface area contributed by atoms with Crippen molar-refractivity contribution in [1.82, 2.24) is 9.97 Å². The molecule has 5 heteroatoms. The number of para-hydroxylation sites is 1. The summed E-state index contributed by atoms with van der Waals surface area (Å²) in [7, 11) is 0. The highest BCUT2D eigenvalue weighted by Gasteiger charge is 2.24. The Morgan fingerprint density at radius 2 is 1.96 bits per heavy atom. The zero-order valence-corrected chi connectivity index (χ0v) is 16.3. The molecule has 0 bridgehead atoms. The number of amides is 1. The van der Waals surface area contributed by atoms with Gasteiger partial charge in [-0.2, -0.15) is 0 Å². The first kappa shape index (κ1) is 18.2. The number of hydrogen-bond acceptors (Lipinski definition) is 4. The fourth-order valence-electron chi connectivity index (χ4n) is 3.73. The fraction of sp³-hybridized carbons (Fsp3) is 0.261.